The quantitative estimate of drug-likeness (QED) is 0.248. The molecule has 0 bridgehead atoms. The van der Waals surface area contributed by atoms with Gasteiger partial charge in [-0.1, -0.05) is 30.2 Å². The Labute approximate surface area is 124 Å². The standard InChI is InChI=1S/C15H23N2.Li/c1-14(2,3)17(15(4,5)6)12-16-13-10-8-7-9-11-13;/h7-11H,1-6H3;/q-1;+1. The number of hydrogen-bond donors (Lipinski definition) is 0. The van der Waals surface area contributed by atoms with Crippen LogP contribution >= 0.6 is 0 Å². The monoisotopic (exact) mass is 238 g/mol. The normalized spacial score (nSPS) is 12.3. The fraction of sp³-hybridized carbons (Fsp3) is 0.533. The minimum atomic E-state index is 0. The third-order valence-corrected chi connectivity index (χ3v) is 2.38. The summed E-state index contributed by atoms with van der Waals surface area (Å²) in [6.07, 6.45) is 3.17. The summed E-state index contributed by atoms with van der Waals surface area (Å²) in [4.78, 5) is 6.58. The van der Waals surface area contributed by atoms with Gasteiger partial charge in [0.15, 0.2) is 0 Å². The second kappa shape index (κ2) is 6.45. The number of aliphatic imine (C=N–C) groups is 1. The summed E-state index contributed by atoms with van der Waals surface area (Å²) in [6.45, 7) is 13.0. The van der Waals surface area contributed by atoms with E-state index in [1.807, 2.05) is 30.3 Å². The number of nitrogens with zero attached hydrogens (tertiary/aromatic N) is 2. The summed E-state index contributed by atoms with van der Waals surface area (Å²) < 4.78 is 0. The molecule has 0 aromatic heterocycles. The first-order valence-corrected chi connectivity index (χ1v) is 6.03. The molecule has 0 fully saturated rings. The number of hydrogen-bond acceptors (Lipinski definition) is 1. The molecule has 0 saturated carbocycles. The Bertz CT molecular complexity index is 358. The number of para-hydroxylation sites is 1. The van der Waals surface area contributed by atoms with Crippen LogP contribution in [0.2, 0.25) is 0 Å². The van der Waals surface area contributed by atoms with Gasteiger partial charge in [0.25, 0.3) is 0 Å². The molecule has 0 aliphatic heterocycles. The molecule has 0 aliphatic rings. The van der Waals surface area contributed by atoms with Crippen LogP contribution in [0.3, 0.4) is 0 Å². The molecule has 1 aromatic rings. The van der Waals surface area contributed by atoms with Crippen molar-refractivity contribution in [2.24, 2.45) is 4.99 Å². The van der Waals surface area contributed by atoms with Gasteiger partial charge in [-0.25, -0.2) is 0 Å². The Morgan fingerprint density at radius 1 is 0.889 bits per heavy atom. The van der Waals surface area contributed by atoms with E-state index in [0.717, 1.165) is 5.69 Å². The Morgan fingerprint density at radius 3 is 1.72 bits per heavy atom. The van der Waals surface area contributed by atoms with Gasteiger partial charge in [-0.3, -0.25) is 0 Å². The molecule has 0 N–H and O–H groups in total. The maximum absolute atomic E-state index is 4.42. The summed E-state index contributed by atoms with van der Waals surface area (Å²) in [5.74, 6) is 0. The summed E-state index contributed by atoms with van der Waals surface area (Å²) in [6, 6.07) is 9.93. The first-order chi connectivity index (χ1) is 7.71. The molecule has 0 amide bonds. The molecule has 1 aromatic carbocycles. The van der Waals surface area contributed by atoms with Crippen LogP contribution in [0.25, 0.3) is 0 Å². The van der Waals surface area contributed by atoms with Crippen molar-refractivity contribution in [1.82, 2.24) is 4.90 Å². The van der Waals surface area contributed by atoms with Crippen LogP contribution in [-0.4, -0.2) is 22.3 Å². The van der Waals surface area contributed by atoms with E-state index in [2.05, 4.69) is 57.8 Å². The molecule has 0 atom stereocenters. The molecule has 3 heteroatoms. The van der Waals surface area contributed by atoms with E-state index in [0.29, 0.717) is 0 Å². The van der Waals surface area contributed by atoms with Gasteiger partial charge in [-0.2, -0.15) is 0 Å². The van der Waals surface area contributed by atoms with Crippen molar-refractivity contribution in [2.45, 2.75) is 52.6 Å². The van der Waals surface area contributed by atoms with E-state index in [1.54, 1.807) is 0 Å². The summed E-state index contributed by atoms with van der Waals surface area (Å²) in [5.41, 5.74) is 0.957. The van der Waals surface area contributed by atoms with Crippen molar-refractivity contribution in [3.63, 3.8) is 0 Å². The molecule has 94 valence electrons. The molecule has 18 heavy (non-hydrogen) atoms. The molecule has 0 spiro atoms. The molecule has 0 unspecified atom stereocenters. The molecule has 0 saturated heterocycles. The van der Waals surface area contributed by atoms with E-state index < -0.39 is 0 Å². The zero-order valence-corrected chi connectivity index (χ0v) is 12.8. The van der Waals surface area contributed by atoms with Crippen molar-refractivity contribution in [3.8, 4) is 0 Å². The van der Waals surface area contributed by atoms with E-state index in [1.165, 1.54) is 0 Å². The predicted molar refractivity (Wildman–Crippen MR) is 74.9 cm³/mol. The van der Waals surface area contributed by atoms with Crippen LogP contribution in [-0.2, 0) is 0 Å². The summed E-state index contributed by atoms with van der Waals surface area (Å²) in [7, 11) is 0. The van der Waals surface area contributed by atoms with Gasteiger partial charge >= 0.3 is 18.9 Å². The van der Waals surface area contributed by atoms with Crippen molar-refractivity contribution in [2.75, 3.05) is 0 Å². The number of rotatable bonds is 2. The van der Waals surface area contributed by atoms with Gasteiger partial charge in [-0.15, -0.1) is 12.1 Å². The third-order valence-electron chi connectivity index (χ3n) is 2.38. The van der Waals surface area contributed by atoms with Crippen LogP contribution in [0.1, 0.15) is 41.5 Å². The topological polar surface area (TPSA) is 15.6 Å². The molecule has 0 radical (unpaired) electrons. The zero-order chi connectivity index (χ0) is 13.1. The maximum Gasteiger partial charge on any atom is 1.00 e. The molecule has 1 rings (SSSR count). The van der Waals surface area contributed by atoms with E-state index in [4.69, 9.17) is 0 Å². The van der Waals surface area contributed by atoms with Crippen molar-refractivity contribution in [3.05, 3.63) is 30.3 Å². The van der Waals surface area contributed by atoms with Crippen molar-refractivity contribution in [1.29, 1.82) is 0 Å². The predicted octanol–water partition coefficient (Wildman–Crippen LogP) is 1.13. The van der Waals surface area contributed by atoms with Gasteiger partial charge in [0.1, 0.15) is 0 Å². The van der Waals surface area contributed by atoms with Gasteiger partial charge in [0.2, 0.25) is 0 Å². The molecular formula is C15H23LiN2. The third kappa shape index (κ3) is 5.29. The number of benzene rings is 1. The Hall–Kier alpha value is -0.713. The van der Waals surface area contributed by atoms with E-state index >= 15 is 0 Å². The Kier molecular flexibility index (Phi) is 6.20. The average molecular weight is 238 g/mol. The minimum Gasteiger partial charge on any atom is -0.437 e. The molecule has 0 aliphatic carbocycles. The van der Waals surface area contributed by atoms with Gasteiger partial charge in [0.05, 0.1) is 0 Å². The first-order valence-electron chi connectivity index (χ1n) is 6.03. The largest absolute Gasteiger partial charge is 1.00 e. The van der Waals surface area contributed by atoms with Crippen molar-refractivity contribution < 1.29 is 18.9 Å². The Balaban J connectivity index is 0.00000289. The molecule has 0 heterocycles. The second-order valence-electron chi connectivity index (χ2n) is 6.22. The van der Waals surface area contributed by atoms with Crippen LogP contribution in [0.5, 0.6) is 0 Å². The smallest absolute Gasteiger partial charge is 0.437 e. The second-order valence-corrected chi connectivity index (χ2v) is 6.22. The van der Waals surface area contributed by atoms with Crippen LogP contribution in [0, 0.1) is 0 Å². The van der Waals surface area contributed by atoms with Crippen molar-refractivity contribution >= 4 is 12.0 Å². The molecule has 2 nitrogen and oxygen atoms in total. The fourth-order valence-electron chi connectivity index (χ4n) is 1.92. The fourth-order valence-corrected chi connectivity index (χ4v) is 1.92. The zero-order valence-electron chi connectivity index (χ0n) is 12.8. The van der Waals surface area contributed by atoms with Crippen LogP contribution in [0.15, 0.2) is 35.3 Å². The summed E-state index contributed by atoms with van der Waals surface area (Å²) in [5, 5.41) is 0. The Morgan fingerprint density at radius 2 is 1.33 bits per heavy atom. The van der Waals surface area contributed by atoms with Gasteiger partial charge < -0.3 is 9.89 Å². The SMILES string of the molecule is CC(C)(C)N([C-]=Nc1ccccc1)C(C)(C)C.[Li+]. The first kappa shape index (κ1) is 17.3. The minimum absolute atomic E-state index is 0. The van der Waals surface area contributed by atoms with Crippen LogP contribution < -0.4 is 18.9 Å². The van der Waals surface area contributed by atoms with Gasteiger partial charge in [-0.05, 0) is 41.5 Å². The van der Waals surface area contributed by atoms with E-state index in [9.17, 15) is 0 Å². The maximum atomic E-state index is 4.42. The molecular weight excluding hydrogens is 215 g/mol. The summed E-state index contributed by atoms with van der Waals surface area (Å²) >= 11 is 0. The van der Waals surface area contributed by atoms with E-state index in [-0.39, 0.29) is 29.9 Å². The van der Waals surface area contributed by atoms with Crippen LogP contribution in [0.4, 0.5) is 5.69 Å². The van der Waals surface area contributed by atoms with Gasteiger partial charge in [0, 0.05) is 11.1 Å². The average Bonchev–Trinajstić information content (AvgIpc) is 2.15.